The van der Waals surface area contributed by atoms with E-state index in [4.69, 9.17) is 0 Å². The second kappa shape index (κ2) is 6.20. The number of aliphatic hydroxyl groups excluding tert-OH is 1. The summed E-state index contributed by atoms with van der Waals surface area (Å²) in [5.41, 5.74) is 1.80. The van der Waals surface area contributed by atoms with Crippen molar-refractivity contribution in [3.05, 3.63) is 65.7 Å². The minimum Gasteiger partial charge on any atom is -0.388 e. The predicted octanol–water partition coefficient (Wildman–Crippen LogP) is 2.76. The normalized spacial score (nSPS) is 13.1. The zero-order chi connectivity index (χ0) is 14.6. The second-order valence-electron chi connectivity index (χ2n) is 4.88. The molecule has 0 spiro atoms. The molecule has 1 atom stereocenters. The Hall–Kier alpha value is -1.65. The zero-order valence-electron chi connectivity index (χ0n) is 11.4. The number of hydrogen-bond donors (Lipinski definition) is 1. The molecule has 0 amide bonds. The van der Waals surface area contributed by atoms with Gasteiger partial charge in [-0.25, -0.2) is 8.42 Å². The van der Waals surface area contributed by atoms with Gasteiger partial charge in [-0.3, -0.25) is 0 Å². The van der Waals surface area contributed by atoms with E-state index in [0.717, 1.165) is 12.0 Å². The highest BCUT2D eigenvalue weighted by atomic mass is 32.2. The van der Waals surface area contributed by atoms with Crippen molar-refractivity contribution in [2.45, 2.75) is 23.8 Å². The largest absolute Gasteiger partial charge is 0.388 e. The highest BCUT2D eigenvalue weighted by Crippen LogP contribution is 2.21. The van der Waals surface area contributed by atoms with E-state index < -0.39 is 15.9 Å². The molecule has 0 aliphatic carbocycles. The van der Waals surface area contributed by atoms with Crippen LogP contribution < -0.4 is 0 Å². The third kappa shape index (κ3) is 3.92. The number of hydrogen-bond acceptors (Lipinski definition) is 3. The first-order chi connectivity index (χ1) is 9.47. The van der Waals surface area contributed by atoms with Gasteiger partial charge in [0.05, 0.1) is 11.0 Å². The Kier molecular flexibility index (Phi) is 4.57. The lowest BCUT2D eigenvalue weighted by molar-refractivity contribution is 0.167. The summed E-state index contributed by atoms with van der Waals surface area (Å²) in [5.74, 6) is 0. The molecule has 0 fully saturated rings. The molecule has 1 N–H and O–H groups in total. The first-order valence-corrected chi connectivity index (χ1v) is 8.38. The van der Waals surface area contributed by atoms with Gasteiger partial charge in [-0.2, -0.15) is 0 Å². The number of aryl methyl sites for hydroxylation is 1. The van der Waals surface area contributed by atoms with Gasteiger partial charge < -0.3 is 5.11 Å². The van der Waals surface area contributed by atoms with Crippen molar-refractivity contribution in [1.82, 2.24) is 0 Å². The van der Waals surface area contributed by atoms with Crippen LogP contribution in [0.2, 0.25) is 0 Å². The molecule has 0 aromatic heterocycles. The van der Waals surface area contributed by atoms with Crippen LogP contribution in [0.15, 0.2) is 59.5 Å². The first kappa shape index (κ1) is 14.8. The Bertz CT molecular complexity index is 663. The number of benzene rings is 2. The van der Waals surface area contributed by atoms with Crippen LogP contribution in [0.4, 0.5) is 0 Å². The van der Waals surface area contributed by atoms with E-state index in [1.807, 2.05) is 30.3 Å². The van der Waals surface area contributed by atoms with Crippen LogP contribution in [0.5, 0.6) is 0 Å². The molecule has 4 heteroatoms. The Morgan fingerprint density at radius 2 is 1.75 bits per heavy atom. The molecule has 0 aliphatic heterocycles. The zero-order valence-corrected chi connectivity index (χ0v) is 12.2. The molecule has 0 heterocycles. The maximum absolute atomic E-state index is 11.5. The van der Waals surface area contributed by atoms with Gasteiger partial charge in [-0.05, 0) is 36.1 Å². The summed E-state index contributed by atoms with van der Waals surface area (Å²) < 4.78 is 23.0. The fourth-order valence-corrected chi connectivity index (χ4v) is 2.74. The summed E-state index contributed by atoms with van der Waals surface area (Å²) in [4.78, 5) is 0.244. The van der Waals surface area contributed by atoms with Crippen LogP contribution in [0.1, 0.15) is 23.7 Å². The van der Waals surface area contributed by atoms with Gasteiger partial charge in [-0.15, -0.1) is 0 Å². The smallest absolute Gasteiger partial charge is 0.175 e. The van der Waals surface area contributed by atoms with Crippen LogP contribution in [-0.2, 0) is 16.3 Å². The van der Waals surface area contributed by atoms with Crippen molar-refractivity contribution in [2.75, 3.05) is 6.26 Å². The van der Waals surface area contributed by atoms with E-state index in [-0.39, 0.29) is 4.90 Å². The second-order valence-corrected chi connectivity index (χ2v) is 6.90. The first-order valence-electron chi connectivity index (χ1n) is 6.49. The number of sulfone groups is 1. The van der Waals surface area contributed by atoms with Crippen molar-refractivity contribution < 1.29 is 13.5 Å². The minimum atomic E-state index is -3.24. The van der Waals surface area contributed by atoms with E-state index in [0.29, 0.717) is 12.0 Å². The van der Waals surface area contributed by atoms with Crippen molar-refractivity contribution in [2.24, 2.45) is 0 Å². The van der Waals surface area contributed by atoms with Crippen LogP contribution in [0, 0.1) is 0 Å². The van der Waals surface area contributed by atoms with E-state index >= 15 is 0 Å². The average Bonchev–Trinajstić information content (AvgIpc) is 2.45. The fourth-order valence-electron chi connectivity index (χ4n) is 2.07. The van der Waals surface area contributed by atoms with Crippen molar-refractivity contribution >= 4 is 9.84 Å². The standard InChI is InChI=1S/C16H18O3S/c1-20(18,19)15-9-5-8-14(12-15)16(17)11-10-13-6-3-2-4-7-13/h2-9,12,16-17H,10-11H2,1H3. The maximum Gasteiger partial charge on any atom is 0.175 e. The lowest BCUT2D eigenvalue weighted by Gasteiger charge is -2.12. The van der Waals surface area contributed by atoms with E-state index in [1.54, 1.807) is 24.3 Å². The molecule has 2 rings (SSSR count). The summed E-state index contributed by atoms with van der Waals surface area (Å²) in [7, 11) is -3.24. The Morgan fingerprint density at radius 3 is 2.40 bits per heavy atom. The molecule has 0 saturated heterocycles. The van der Waals surface area contributed by atoms with Crippen molar-refractivity contribution in [1.29, 1.82) is 0 Å². The van der Waals surface area contributed by atoms with Crippen molar-refractivity contribution in [3.8, 4) is 0 Å². The van der Waals surface area contributed by atoms with E-state index in [1.165, 1.54) is 6.26 Å². The van der Waals surface area contributed by atoms with Gasteiger partial charge in [0, 0.05) is 6.26 Å². The Morgan fingerprint density at radius 1 is 1.05 bits per heavy atom. The quantitative estimate of drug-likeness (QED) is 0.921. The van der Waals surface area contributed by atoms with Crippen LogP contribution in [-0.4, -0.2) is 19.8 Å². The minimum absolute atomic E-state index is 0.244. The molecule has 0 aliphatic rings. The van der Waals surface area contributed by atoms with Crippen LogP contribution >= 0.6 is 0 Å². The maximum atomic E-state index is 11.5. The summed E-state index contributed by atoms with van der Waals surface area (Å²) in [6, 6.07) is 16.4. The van der Waals surface area contributed by atoms with E-state index in [2.05, 4.69) is 0 Å². The topological polar surface area (TPSA) is 54.4 Å². The summed E-state index contributed by atoms with van der Waals surface area (Å²) in [6.45, 7) is 0. The lowest BCUT2D eigenvalue weighted by atomic mass is 10.0. The molecule has 2 aromatic rings. The van der Waals surface area contributed by atoms with Crippen LogP contribution in [0.25, 0.3) is 0 Å². The Labute approximate surface area is 119 Å². The molecule has 1 unspecified atom stereocenters. The van der Waals surface area contributed by atoms with Gasteiger partial charge in [-0.1, -0.05) is 42.5 Å². The lowest BCUT2D eigenvalue weighted by Crippen LogP contribution is -2.03. The van der Waals surface area contributed by atoms with E-state index in [9.17, 15) is 13.5 Å². The highest BCUT2D eigenvalue weighted by Gasteiger charge is 2.12. The summed E-state index contributed by atoms with van der Waals surface area (Å²) in [5, 5.41) is 10.2. The molecular formula is C16H18O3S. The van der Waals surface area contributed by atoms with Crippen molar-refractivity contribution in [3.63, 3.8) is 0 Å². The van der Waals surface area contributed by atoms with Gasteiger partial charge in [0.1, 0.15) is 0 Å². The fraction of sp³-hybridized carbons (Fsp3) is 0.250. The summed E-state index contributed by atoms with van der Waals surface area (Å²) in [6.07, 6.45) is 1.84. The molecule has 106 valence electrons. The molecule has 0 saturated carbocycles. The molecule has 3 nitrogen and oxygen atoms in total. The molecule has 2 aromatic carbocycles. The third-order valence-corrected chi connectivity index (χ3v) is 4.33. The average molecular weight is 290 g/mol. The van der Waals surface area contributed by atoms with Gasteiger partial charge in [0.2, 0.25) is 0 Å². The van der Waals surface area contributed by atoms with Gasteiger partial charge in [0.15, 0.2) is 9.84 Å². The predicted molar refractivity (Wildman–Crippen MR) is 79.3 cm³/mol. The Balaban J connectivity index is 2.08. The molecular weight excluding hydrogens is 272 g/mol. The monoisotopic (exact) mass is 290 g/mol. The van der Waals surface area contributed by atoms with Crippen LogP contribution in [0.3, 0.4) is 0 Å². The van der Waals surface area contributed by atoms with Gasteiger partial charge in [0.25, 0.3) is 0 Å². The molecule has 20 heavy (non-hydrogen) atoms. The third-order valence-electron chi connectivity index (χ3n) is 3.22. The molecule has 0 bridgehead atoms. The number of rotatable bonds is 5. The van der Waals surface area contributed by atoms with Gasteiger partial charge >= 0.3 is 0 Å². The number of aliphatic hydroxyl groups is 1. The SMILES string of the molecule is CS(=O)(=O)c1cccc(C(O)CCc2ccccc2)c1. The molecule has 0 radical (unpaired) electrons. The summed E-state index contributed by atoms with van der Waals surface area (Å²) >= 11 is 0. The highest BCUT2D eigenvalue weighted by molar-refractivity contribution is 7.90.